The van der Waals surface area contributed by atoms with Gasteiger partial charge in [0.2, 0.25) is 5.43 Å². The number of anilines is 1. The maximum atomic E-state index is 14.8. The summed E-state index contributed by atoms with van der Waals surface area (Å²) in [5.74, 6) is -1.32. The van der Waals surface area contributed by atoms with E-state index in [1.165, 1.54) is 12.3 Å². The number of hydrogen-bond donors (Lipinski definition) is 2. The van der Waals surface area contributed by atoms with Crippen molar-refractivity contribution in [2.24, 2.45) is 0 Å². The summed E-state index contributed by atoms with van der Waals surface area (Å²) in [4.78, 5) is 49.9. The molecule has 0 saturated carbocycles. The molecule has 15 heteroatoms. The minimum absolute atomic E-state index is 0.0141. The number of carbonyl (C=O) groups excluding carboxylic acids is 1. The number of aryl methyl sites for hydroxylation is 1. The number of esters is 1. The van der Waals surface area contributed by atoms with Gasteiger partial charge in [0, 0.05) is 44.3 Å². The number of piperazine rings is 1. The number of ether oxygens (including phenoxy) is 1. The van der Waals surface area contributed by atoms with Gasteiger partial charge in [-0.05, 0) is 31.9 Å². The van der Waals surface area contributed by atoms with Gasteiger partial charge in [-0.25, -0.2) is 9.18 Å². The average Bonchev–Trinajstić information content (AvgIpc) is 2.81. The highest BCUT2D eigenvalue weighted by Gasteiger charge is 2.21. The van der Waals surface area contributed by atoms with Crippen LogP contribution in [0.2, 0.25) is 0 Å². The molecule has 14 nitrogen and oxygen atoms in total. The summed E-state index contributed by atoms with van der Waals surface area (Å²) in [6.45, 7) is 5.05. The third kappa shape index (κ3) is 7.77. The van der Waals surface area contributed by atoms with E-state index in [9.17, 15) is 24.1 Å². The molecule has 0 radical (unpaired) electrons. The summed E-state index contributed by atoms with van der Waals surface area (Å²) in [6.07, 6.45) is 2.10. The molecule has 1 aliphatic rings. The van der Waals surface area contributed by atoms with Crippen molar-refractivity contribution in [3.8, 4) is 0 Å². The van der Waals surface area contributed by atoms with E-state index in [4.69, 9.17) is 20.1 Å². The maximum absolute atomic E-state index is 14.8. The normalized spacial score (nSPS) is 13.0. The molecular weight excluding hydrogens is 473 g/mol. The molecule has 0 amide bonds. The molecule has 1 fully saturated rings. The number of halogens is 1. The Morgan fingerprint density at radius 2 is 1.83 bits per heavy atom. The number of unbranched alkanes of at least 4 members (excludes halogenated alkanes) is 1. The highest BCUT2D eigenvalue weighted by Crippen LogP contribution is 2.25. The van der Waals surface area contributed by atoms with Gasteiger partial charge in [0.05, 0.1) is 24.4 Å². The Hall–Kier alpha value is -4.01. The number of nitrogens with zero attached hydrogens (tertiary/aromatic N) is 4. The third-order valence-corrected chi connectivity index (χ3v) is 5.14. The number of nitrogens with one attached hydrogen (secondary N) is 1. The molecule has 1 saturated heterocycles. The summed E-state index contributed by atoms with van der Waals surface area (Å²) in [5, 5.41) is 26.2. The zero-order valence-electron chi connectivity index (χ0n) is 19.0. The molecule has 1 aliphatic heterocycles. The van der Waals surface area contributed by atoms with Crippen molar-refractivity contribution < 1.29 is 34.1 Å². The highest BCUT2D eigenvalue weighted by atomic mass is 19.1. The molecule has 1 aromatic heterocycles. The van der Waals surface area contributed by atoms with Crippen molar-refractivity contribution in [1.29, 1.82) is 0 Å². The molecule has 2 heterocycles. The van der Waals surface area contributed by atoms with Crippen molar-refractivity contribution in [2.75, 3.05) is 44.3 Å². The Kier molecular flexibility index (Phi) is 10.1. The zero-order valence-corrected chi connectivity index (χ0v) is 19.0. The Morgan fingerprint density at radius 1 is 1.20 bits per heavy atom. The van der Waals surface area contributed by atoms with Crippen LogP contribution in [0.25, 0.3) is 10.9 Å². The number of hydrogen-bond acceptors (Lipinski definition) is 10. The van der Waals surface area contributed by atoms with Gasteiger partial charge in [0.25, 0.3) is 10.2 Å². The van der Waals surface area contributed by atoms with Crippen molar-refractivity contribution in [3.05, 3.63) is 60.2 Å². The fraction of sp³-hybridized carbons (Fsp3) is 0.500. The summed E-state index contributed by atoms with van der Waals surface area (Å²) < 4.78 is 21.7. The molecule has 2 N–H and O–H groups in total. The summed E-state index contributed by atoms with van der Waals surface area (Å²) in [5.41, 5.74) is 0.219. The topological polar surface area (TPSA) is 179 Å². The lowest BCUT2D eigenvalue weighted by Crippen LogP contribution is -2.43. The molecule has 192 valence electrons. The van der Waals surface area contributed by atoms with Gasteiger partial charge in [-0.2, -0.15) is 0 Å². The van der Waals surface area contributed by atoms with Crippen LogP contribution in [0.1, 0.15) is 30.1 Å². The van der Waals surface area contributed by atoms with Crippen LogP contribution in [0.4, 0.5) is 10.1 Å². The molecule has 1 aromatic carbocycles. The van der Waals surface area contributed by atoms with Gasteiger partial charge >= 0.3 is 5.97 Å². The van der Waals surface area contributed by atoms with E-state index in [0.29, 0.717) is 43.7 Å². The largest absolute Gasteiger partial charge is 0.462 e. The quantitative estimate of drug-likeness (QED) is 0.220. The van der Waals surface area contributed by atoms with Crippen LogP contribution in [0.5, 0.6) is 0 Å². The number of benzene rings is 1. The smallest absolute Gasteiger partial charge is 0.343 e. The second kappa shape index (κ2) is 13.0. The summed E-state index contributed by atoms with van der Waals surface area (Å²) in [6, 6.07) is 2.85. The summed E-state index contributed by atoms with van der Waals surface area (Å²) >= 11 is 0. The molecule has 0 bridgehead atoms. The van der Waals surface area contributed by atoms with Gasteiger partial charge in [-0.1, -0.05) is 0 Å². The number of carbonyl (C=O) groups is 1. The lowest BCUT2D eigenvalue weighted by molar-refractivity contribution is -0.757. The number of pyridine rings is 1. The fourth-order valence-electron chi connectivity index (χ4n) is 3.54. The van der Waals surface area contributed by atoms with Crippen LogP contribution in [0.3, 0.4) is 0 Å². The van der Waals surface area contributed by atoms with Gasteiger partial charge in [0.15, 0.2) is 0 Å². The lowest BCUT2D eigenvalue weighted by Gasteiger charge is -2.30. The van der Waals surface area contributed by atoms with Gasteiger partial charge in [-0.3, -0.25) is 4.79 Å². The molecule has 0 unspecified atom stereocenters. The van der Waals surface area contributed by atoms with E-state index in [1.54, 1.807) is 10.6 Å². The zero-order chi connectivity index (χ0) is 26.0. The first-order valence-corrected chi connectivity index (χ1v) is 10.8. The summed E-state index contributed by atoms with van der Waals surface area (Å²) in [7, 11) is 0. The van der Waals surface area contributed by atoms with Gasteiger partial charge in [-0.15, -0.1) is 20.2 Å². The van der Waals surface area contributed by atoms with E-state index >= 15 is 0 Å². The number of aromatic nitrogens is 1. The second-order valence-electron chi connectivity index (χ2n) is 7.35. The van der Waals surface area contributed by atoms with Crippen molar-refractivity contribution in [3.63, 3.8) is 0 Å². The van der Waals surface area contributed by atoms with E-state index in [-0.39, 0.29) is 24.2 Å². The Bertz CT molecular complexity index is 1110. The van der Waals surface area contributed by atoms with E-state index in [1.807, 2.05) is 11.8 Å². The maximum Gasteiger partial charge on any atom is 0.343 e. The second-order valence-corrected chi connectivity index (χ2v) is 7.35. The van der Waals surface area contributed by atoms with Crippen LogP contribution >= 0.6 is 0 Å². The highest BCUT2D eigenvalue weighted by molar-refractivity contribution is 5.94. The first-order chi connectivity index (χ1) is 16.6. The number of fused-ring (bicyclic) bond motifs is 1. The predicted molar refractivity (Wildman–Crippen MR) is 120 cm³/mol. The molecule has 0 atom stereocenters. The van der Waals surface area contributed by atoms with E-state index < -0.39 is 27.4 Å². The molecule has 0 aliphatic carbocycles. The van der Waals surface area contributed by atoms with Crippen molar-refractivity contribution >= 4 is 22.6 Å². The van der Waals surface area contributed by atoms with Gasteiger partial charge < -0.3 is 29.6 Å². The molecule has 3 rings (SSSR count). The van der Waals surface area contributed by atoms with E-state index in [2.05, 4.69) is 10.2 Å². The fourth-order valence-corrected chi connectivity index (χ4v) is 3.54. The van der Waals surface area contributed by atoms with Crippen LogP contribution in [-0.2, 0) is 16.1 Å². The van der Waals surface area contributed by atoms with Crippen molar-refractivity contribution in [1.82, 2.24) is 9.88 Å². The standard InChI is InChI=1S/C20H25FN4O6.HNO3/c1-2-23-13-15(20(27)30-9-3-4-10-31-25(28)29)19(26)14-11-16(21)18(12-17(14)23)24-7-5-22-6-8-24;2-1(3)4/h11-13,22H,2-10H2,1H3;(H,2,3,4). The minimum atomic E-state index is -1.50. The molecule has 2 aromatic rings. The van der Waals surface area contributed by atoms with Crippen LogP contribution < -0.4 is 15.6 Å². The first-order valence-electron chi connectivity index (χ1n) is 10.8. The van der Waals surface area contributed by atoms with Crippen LogP contribution in [0, 0.1) is 26.0 Å². The average molecular weight is 499 g/mol. The third-order valence-electron chi connectivity index (χ3n) is 5.14. The SMILES string of the molecule is CCn1cc(C(=O)OCCCCO[N+](=O)[O-])c(=O)c2cc(F)c(N3CCNCC3)cc21.O=[N+]([O-])O. The van der Waals surface area contributed by atoms with Gasteiger partial charge in [0.1, 0.15) is 11.4 Å². The van der Waals surface area contributed by atoms with E-state index in [0.717, 1.165) is 13.1 Å². The molecule has 0 spiro atoms. The van der Waals surface area contributed by atoms with Crippen LogP contribution in [-0.4, -0.2) is 65.3 Å². The Morgan fingerprint density at radius 3 is 2.43 bits per heavy atom. The predicted octanol–water partition coefficient (Wildman–Crippen LogP) is 1.37. The van der Waals surface area contributed by atoms with Crippen molar-refractivity contribution in [2.45, 2.75) is 26.3 Å². The number of rotatable bonds is 9. The Balaban J connectivity index is 0.00000100. The first kappa shape index (κ1) is 27.2. The minimum Gasteiger partial charge on any atom is -0.462 e. The monoisotopic (exact) mass is 499 g/mol. The molecular formula is C20H26FN5O9. The molecule has 35 heavy (non-hydrogen) atoms. The Labute approximate surface area is 198 Å². The lowest BCUT2D eigenvalue weighted by atomic mass is 10.1. The van der Waals surface area contributed by atoms with Crippen LogP contribution in [0.15, 0.2) is 23.1 Å².